The van der Waals surface area contributed by atoms with Gasteiger partial charge < -0.3 is 0 Å². The topological polar surface area (TPSA) is 54.5 Å². The molecule has 0 radical (unpaired) electrons. The van der Waals surface area contributed by atoms with Crippen molar-refractivity contribution in [2.24, 2.45) is 0 Å². The number of halogens is 5. The average Bonchev–Trinajstić information content (AvgIpc) is 3.14. The molecule has 2 aromatic carbocycles. The largest absolute Gasteiger partial charge is 0.399 e. The van der Waals surface area contributed by atoms with Crippen molar-refractivity contribution >= 4 is 29.3 Å². The fraction of sp³-hybridized carbons (Fsp3) is 0.105. The molecule has 3 rings (SSSR count). The van der Waals surface area contributed by atoms with Crippen molar-refractivity contribution in [2.45, 2.75) is 12.1 Å². The van der Waals surface area contributed by atoms with Gasteiger partial charge in [0.15, 0.2) is 0 Å². The molecule has 0 saturated heterocycles. The van der Waals surface area contributed by atoms with Crippen LogP contribution in [0, 0.1) is 11.3 Å². The van der Waals surface area contributed by atoms with Crippen LogP contribution in [-0.4, -0.2) is 20.9 Å². The van der Waals surface area contributed by atoms with Crippen LogP contribution in [0.3, 0.4) is 0 Å². The Morgan fingerprint density at radius 1 is 1.11 bits per heavy atom. The summed E-state index contributed by atoms with van der Waals surface area (Å²) in [6, 6.07) is 10.5. The maximum atomic E-state index is 13.6. The van der Waals surface area contributed by atoms with Crippen LogP contribution < -0.4 is 0 Å². The standard InChI is InChI=1S/C19H11Cl2F3N4/c20-15-6-13(7-16(21)8-15)17(19(22,23)24)3-1-12-2-4-18(14(5-12)9-25)28-11-26-10-27-28/h1-8,10-11,17H. The van der Waals surface area contributed by atoms with E-state index in [1.807, 2.05) is 6.07 Å². The Labute approximate surface area is 168 Å². The number of allylic oxidation sites excluding steroid dienone is 1. The van der Waals surface area contributed by atoms with Crippen LogP contribution in [0.5, 0.6) is 0 Å². The molecule has 1 atom stereocenters. The molecular formula is C19H11Cl2F3N4. The molecule has 1 unspecified atom stereocenters. The van der Waals surface area contributed by atoms with E-state index >= 15 is 0 Å². The van der Waals surface area contributed by atoms with Gasteiger partial charge in [-0.1, -0.05) is 41.4 Å². The zero-order valence-corrected chi connectivity index (χ0v) is 15.5. The van der Waals surface area contributed by atoms with Gasteiger partial charge in [0.25, 0.3) is 0 Å². The Kier molecular flexibility index (Phi) is 5.73. The van der Waals surface area contributed by atoms with E-state index in [9.17, 15) is 18.4 Å². The Balaban J connectivity index is 1.96. The van der Waals surface area contributed by atoms with Crippen molar-refractivity contribution in [1.29, 1.82) is 5.26 Å². The molecule has 142 valence electrons. The average molecular weight is 423 g/mol. The monoisotopic (exact) mass is 422 g/mol. The first-order chi connectivity index (χ1) is 13.3. The first kappa shape index (κ1) is 19.9. The van der Waals surface area contributed by atoms with Crippen LogP contribution in [0.15, 0.2) is 55.1 Å². The second-order valence-electron chi connectivity index (χ2n) is 5.81. The zero-order chi connectivity index (χ0) is 20.3. The number of nitriles is 1. The molecule has 0 amide bonds. The van der Waals surface area contributed by atoms with Gasteiger partial charge in [0, 0.05) is 10.0 Å². The molecule has 0 saturated carbocycles. The summed E-state index contributed by atoms with van der Waals surface area (Å²) in [6.45, 7) is 0. The van der Waals surface area contributed by atoms with Crippen molar-refractivity contribution < 1.29 is 13.2 Å². The normalized spacial score (nSPS) is 12.9. The van der Waals surface area contributed by atoms with Gasteiger partial charge in [0.05, 0.1) is 17.2 Å². The van der Waals surface area contributed by atoms with Crippen LogP contribution in [0.2, 0.25) is 10.0 Å². The van der Waals surface area contributed by atoms with E-state index in [1.54, 1.807) is 12.1 Å². The van der Waals surface area contributed by atoms with Gasteiger partial charge in [-0.05, 0) is 41.5 Å². The summed E-state index contributed by atoms with van der Waals surface area (Å²) in [7, 11) is 0. The Morgan fingerprint density at radius 3 is 2.39 bits per heavy atom. The molecule has 1 aromatic heterocycles. The Hall–Kier alpha value is -2.82. The number of hydrogen-bond acceptors (Lipinski definition) is 3. The van der Waals surface area contributed by atoms with Crippen LogP contribution in [0.4, 0.5) is 13.2 Å². The SMILES string of the molecule is N#Cc1cc(C=CC(c2cc(Cl)cc(Cl)c2)C(F)(F)F)ccc1-n1cncn1. The van der Waals surface area contributed by atoms with Gasteiger partial charge in [-0.3, -0.25) is 0 Å². The lowest BCUT2D eigenvalue weighted by Gasteiger charge is -2.18. The molecule has 4 nitrogen and oxygen atoms in total. The number of benzene rings is 2. The van der Waals surface area contributed by atoms with Gasteiger partial charge in [-0.25, -0.2) is 9.67 Å². The van der Waals surface area contributed by atoms with E-state index in [4.69, 9.17) is 23.2 Å². The maximum Gasteiger partial charge on any atom is 0.399 e. The summed E-state index contributed by atoms with van der Waals surface area (Å²) >= 11 is 11.7. The Morgan fingerprint density at radius 2 is 1.82 bits per heavy atom. The number of nitrogens with zero attached hydrogens (tertiary/aromatic N) is 4. The second kappa shape index (κ2) is 8.05. The molecule has 0 aliphatic carbocycles. The predicted molar refractivity (Wildman–Crippen MR) is 100 cm³/mol. The van der Waals surface area contributed by atoms with Gasteiger partial charge in [-0.2, -0.15) is 23.5 Å². The van der Waals surface area contributed by atoms with Crippen molar-refractivity contribution in [3.8, 4) is 11.8 Å². The molecule has 0 N–H and O–H groups in total. The van der Waals surface area contributed by atoms with Crippen molar-refractivity contribution in [3.05, 3.63) is 81.9 Å². The van der Waals surface area contributed by atoms with Gasteiger partial charge >= 0.3 is 6.18 Å². The minimum Gasteiger partial charge on any atom is -0.223 e. The zero-order valence-electron chi connectivity index (χ0n) is 14.0. The maximum absolute atomic E-state index is 13.6. The van der Waals surface area contributed by atoms with Gasteiger partial charge in [0.1, 0.15) is 18.7 Å². The smallest absolute Gasteiger partial charge is 0.223 e. The summed E-state index contributed by atoms with van der Waals surface area (Å²) in [6.07, 6.45) is 0.517. The summed E-state index contributed by atoms with van der Waals surface area (Å²) in [4.78, 5) is 3.81. The quantitative estimate of drug-likeness (QED) is 0.533. The molecule has 0 aliphatic rings. The third-order valence-electron chi connectivity index (χ3n) is 3.88. The van der Waals surface area contributed by atoms with E-state index in [-0.39, 0.29) is 21.2 Å². The second-order valence-corrected chi connectivity index (χ2v) is 6.68. The van der Waals surface area contributed by atoms with Crippen molar-refractivity contribution in [3.63, 3.8) is 0 Å². The lowest BCUT2D eigenvalue weighted by molar-refractivity contribution is -0.139. The van der Waals surface area contributed by atoms with Gasteiger partial charge in [0.2, 0.25) is 0 Å². The van der Waals surface area contributed by atoms with E-state index in [0.29, 0.717) is 11.3 Å². The molecule has 0 spiro atoms. The predicted octanol–water partition coefficient (Wildman–Crippen LogP) is 5.81. The number of hydrogen-bond donors (Lipinski definition) is 0. The van der Waals surface area contributed by atoms with Crippen LogP contribution >= 0.6 is 23.2 Å². The van der Waals surface area contributed by atoms with Crippen LogP contribution in [-0.2, 0) is 0 Å². The lowest BCUT2D eigenvalue weighted by Crippen LogP contribution is -2.18. The first-order valence-electron chi connectivity index (χ1n) is 7.88. The first-order valence-corrected chi connectivity index (χ1v) is 8.63. The number of aromatic nitrogens is 3. The molecular weight excluding hydrogens is 412 g/mol. The third-order valence-corrected chi connectivity index (χ3v) is 4.32. The summed E-state index contributed by atoms with van der Waals surface area (Å²) in [5.41, 5.74) is 1.09. The fourth-order valence-electron chi connectivity index (χ4n) is 2.65. The number of alkyl halides is 3. The van der Waals surface area contributed by atoms with E-state index in [2.05, 4.69) is 10.1 Å². The fourth-order valence-corrected chi connectivity index (χ4v) is 3.19. The molecule has 3 aromatic rings. The molecule has 28 heavy (non-hydrogen) atoms. The highest BCUT2D eigenvalue weighted by molar-refractivity contribution is 6.34. The highest BCUT2D eigenvalue weighted by atomic mass is 35.5. The van der Waals surface area contributed by atoms with Crippen molar-refractivity contribution in [2.75, 3.05) is 0 Å². The number of rotatable bonds is 4. The molecule has 1 heterocycles. The molecule has 0 aliphatic heterocycles. The highest BCUT2D eigenvalue weighted by Gasteiger charge is 2.39. The molecule has 9 heteroatoms. The van der Waals surface area contributed by atoms with Crippen LogP contribution in [0.25, 0.3) is 11.8 Å². The lowest BCUT2D eigenvalue weighted by atomic mass is 9.96. The molecule has 0 fully saturated rings. The summed E-state index contributed by atoms with van der Waals surface area (Å²) in [5, 5.41) is 13.5. The molecule has 0 bridgehead atoms. The highest BCUT2D eigenvalue weighted by Crippen LogP contribution is 2.38. The minimum atomic E-state index is -4.54. The van der Waals surface area contributed by atoms with E-state index < -0.39 is 12.1 Å². The minimum absolute atomic E-state index is 0.0685. The van der Waals surface area contributed by atoms with Crippen LogP contribution in [0.1, 0.15) is 22.6 Å². The summed E-state index contributed by atoms with van der Waals surface area (Å²) < 4.78 is 42.1. The van der Waals surface area contributed by atoms with Crippen molar-refractivity contribution in [1.82, 2.24) is 14.8 Å². The Bertz CT molecular complexity index is 1030. The van der Waals surface area contributed by atoms with E-state index in [0.717, 1.165) is 6.08 Å². The van der Waals surface area contributed by atoms with Gasteiger partial charge in [-0.15, -0.1) is 0 Å². The third kappa shape index (κ3) is 4.53. The summed E-state index contributed by atoms with van der Waals surface area (Å²) in [5.74, 6) is -1.90. The van der Waals surface area contributed by atoms with E-state index in [1.165, 1.54) is 47.7 Å².